The summed E-state index contributed by atoms with van der Waals surface area (Å²) in [6.45, 7) is 4.12. The Hall–Kier alpha value is -1.06. The van der Waals surface area contributed by atoms with E-state index in [-0.39, 0.29) is 12.4 Å². The van der Waals surface area contributed by atoms with Gasteiger partial charge in [0.05, 0.1) is 18.9 Å². The predicted molar refractivity (Wildman–Crippen MR) is 103 cm³/mol. The second kappa shape index (κ2) is 15.2. The average Bonchev–Trinajstić information content (AvgIpc) is 2.60. The summed E-state index contributed by atoms with van der Waals surface area (Å²) in [5.74, 6) is -1.30. The number of hydrogen-bond donors (Lipinski definition) is 1. The van der Waals surface area contributed by atoms with Gasteiger partial charge in [-0.05, 0) is 12.8 Å². The molecule has 1 unspecified atom stereocenters. The number of methoxy groups -OCH3 is 1. The fourth-order valence-electron chi connectivity index (χ4n) is 3.52. The minimum Gasteiger partial charge on any atom is -0.481 e. The van der Waals surface area contributed by atoms with Crippen LogP contribution in [0.1, 0.15) is 110 Å². The van der Waals surface area contributed by atoms with Gasteiger partial charge in [0.2, 0.25) is 0 Å². The zero-order chi connectivity index (χ0) is 19.0. The molecule has 0 saturated heterocycles. The van der Waals surface area contributed by atoms with Crippen molar-refractivity contribution in [1.29, 1.82) is 0 Å². The van der Waals surface area contributed by atoms with Gasteiger partial charge in [-0.15, -0.1) is 0 Å². The highest BCUT2D eigenvalue weighted by Crippen LogP contribution is 2.34. The van der Waals surface area contributed by atoms with Crippen LogP contribution in [0.5, 0.6) is 0 Å². The van der Waals surface area contributed by atoms with E-state index in [9.17, 15) is 9.59 Å². The molecule has 1 atom stereocenters. The number of carboxylic acids is 1. The molecule has 0 bridgehead atoms. The quantitative estimate of drug-likeness (QED) is 0.252. The van der Waals surface area contributed by atoms with E-state index in [4.69, 9.17) is 9.84 Å². The van der Waals surface area contributed by atoms with Crippen LogP contribution in [0, 0.1) is 5.41 Å². The number of carbonyl (C=O) groups is 2. The van der Waals surface area contributed by atoms with Gasteiger partial charge in [0, 0.05) is 0 Å². The molecule has 0 aliphatic rings. The molecule has 0 aliphatic heterocycles. The summed E-state index contributed by atoms with van der Waals surface area (Å²) < 4.78 is 4.86. The molecule has 0 radical (unpaired) electrons. The number of rotatable bonds is 17. The Morgan fingerprint density at radius 1 is 0.800 bits per heavy atom. The highest BCUT2D eigenvalue weighted by Gasteiger charge is 2.39. The molecule has 0 amide bonds. The smallest absolute Gasteiger partial charge is 0.312 e. The van der Waals surface area contributed by atoms with E-state index in [1.54, 1.807) is 0 Å². The van der Waals surface area contributed by atoms with Crippen LogP contribution < -0.4 is 0 Å². The van der Waals surface area contributed by atoms with E-state index >= 15 is 0 Å². The van der Waals surface area contributed by atoms with E-state index in [1.807, 2.05) is 6.92 Å². The van der Waals surface area contributed by atoms with Gasteiger partial charge < -0.3 is 9.84 Å². The van der Waals surface area contributed by atoms with Gasteiger partial charge in [-0.25, -0.2) is 0 Å². The van der Waals surface area contributed by atoms with E-state index in [2.05, 4.69) is 6.92 Å². The first kappa shape index (κ1) is 23.9. The SMILES string of the molecule is CCCCCCCCCCCCCCC(CC)(CC(=O)O)C(=O)OC. The van der Waals surface area contributed by atoms with Crippen molar-refractivity contribution in [3.63, 3.8) is 0 Å². The number of carbonyl (C=O) groups excluding carboxylic acids is 1. The van der Waals surface area contributed by atoms with Crippen molar-refractivity contribution in [2.75, 3.05) is 7.11 Å². The Morgan fingerprint density at radius 2 is 1.24 bits per heavy atom. The maximum absolute atomic E-state index is 12.0. The lowest BCUT2D eigenvalue weighted by Gasteiger charge is -2.28. The number of esters is 1. The van der Waals surface area contributed by atoms with Crippen LogP contribution in [-0.4, -0.2) is 24.2 Å². The highest BCUT2D eigenvalue weighted by molar-refractivity contribution is 5.82. The largest absolute Gasteiger partial charge is 0.481 e. The van der Waals surface area contributed by atoms with Gasteiger partial charge in [-0.1, -0.05) is 90.9 Å². The molecule has 0 saturated carbocycles. The first-order valence-electron chi connectivity index (χ1n) is 10.3. The van der Waals surface area contributed by atoms with E-state index in [0.717, 1.165) is 12.8 Å². The van der Waals surface area contributed by atoms with Gasteiger partial charge in [-0.3, -0.25) is 9.59 Å². The Morgan fingerprint density at radius 3 is 1.60 bits per heavy atom. The number of ether oxygens (including phenoxy) is 1. The average molecular weight is 357 g/mol. The first-order chi connectivity index (χ1) is 12.0. The Kier molecular flexibility index (Phi) is 14.6. The maximum atomic E-state index is 12.0. The van der Waals surface area contributed by atoms with Gasteiger partial charge in [0.25, 0.3) is 0 Å². The molecular formula is C21H40O4. The topological polar surface area (TPSA) is 63.6 Å². The fraction of sp³-hybridized carbons (Fsp3) is 0.905. The number of aliphatic carboxylic acids is 1. The third-order valence-corrected chi connectivity index (χ3v) is 5.29. The standard InChI is InChI=1S/C21H40O4/c1-4-6-7-8-9-10-11-12-13-14-15-16-17-21(5-2,18-19(22)23)20(24)25-3/h4-18H2,1-3H3,(H,22,23). The molecule has 0 aromatic heterocycles. The Bertz CT molecular complexity index is 354. The molecule has 4 nitrogen and oxygen atoms in total. The van der Waals surface area contributed by atoms with Crippen molar-refractivity contribution in [3.8, 4) is 0 Å². The number of hydrogen-bond acceptors (Lipinski definition) is 3. The fourth-order valence-corrected chi connectivity index (χ4v) is 3.52. The lowest BCUT2D eigenvalue weighted by molar-refractivity contribution is -0.159. The van der Waals surface area contributed by atoms with Crippen LogP contribution in [0.15, 0.2) is 0 Å². The molecule has 0 rings (SSSR count). The third kappa shape index (κ3) is 11.2. The van der Waals surface area contributed by atoms with Crippen LogP contribution in [0.2, 0.25) is 0 Å². The molecule has 0 spiro atoms. The van der Waals surface area contributed by atoms with Crippen LogP contribution in [0.3, 0.4) is 0 Å². The zero-order valence-corrected chi connectivity index (χ0v) is 16.8. The molecular weight excluding hydrogens is 316 g/mol. The van der Waals surface area contributed by atoms with E-state index in [1.165, 1.54) is 71.3 Å². The van der Waals surface area contributed by atoms with Crippen molar-refractivity contribution in [1.82, 2.24) is 0 Å². The summed E-state index contributed by atoms with van der Waals surface area (Å²) in [7, 11) is 1.34. The minimum atomic E-state index is -0.925. The summed E-state index contributed by atoms with van der Waals surface area (Å²) >= 11 is 0. The molecule has 4 heteroatoms. The molecule has 0 fully saturated rings. The van der Waals surface area contributed by atoms with Crippen molar-refractivity contribution in [3.05, 3.63) is 0 Å². The highest BCUT2D eigenvalue weighted by atomic mass is 16.5. The van der Waals surface area contributed by atoms with Crippen LogP contribution >= 0.6 is 0 Å². The predicted octanol–water partition coefficient (Wildman–Crippen LogP) is 6.12. The van der Waals surface area contributed by atoms with Crippen LogP contribution in [0.25, 0.3) is 0 Å². The first-order valence-corrected chi connectivity index (χ1v) is 10.3. The lowest BCUT2D eigenvalue weighted by atomic mass is 9.77. The maximum Gasteiger partial charge on any atom is 0.312 e. The lowest BCUT2D eigenvalue weighted by Crippen LogP contribution is -2.34. The van der Waals surface area contributed by atoms with Gasteiger partial charge in [0.1, 0.15) is 0 Å². The summed E-state index contributed by atoms with van der Waals surface area (Å²) in [5.41, 5.74) is -0.848. The molecule has 0 aromatic rings. The summed E-state index contributed by atoms with van der Waals surface area (Å²) in [5, 5.41) is 9.11. The summed E-state index contributed by atoms with van der Waals surface area (Å²) in [6, 6.07) is 0. The van der Waals surface area contributed by atoms with Gasteiger partial charge in [0.15, 0.2) is 0 Å². The van der Waals surface area contributed by atoms with Crippen molar-refractivity contribution < 1.29 is 19.4 Å². The van der Waals surface area contributed by atoms with E-state index < -0.39 is 11.4 Å². The second-order valence-corrected chi connectivity index (χ2v) is 7.34. The van der Waals surface area contributed by atoms with Crippen LogP contribution in [0.4, 0.5) is 0 Å². The molecule has 0 aromatic carbocycles. The molecule has 1 N–H and O–H groups in total. The number of unbranched alkanes of at least 4 members (excludes halogenated alkanes) is 11. The third-order valence-electron chi connectivity index (χ3n) is 5.29. The molecule has 0 aliphatic carbocycles. The summed E-state index contributed by atoms with van der Waals surface area (Å²) in [4.78, 5) is 23.2. The van der Waals surface area contributed by atoms with Crippen molar-refractivity contribution in [2.24, 2.45) is 5.41 Å². The van der Waals surface area contributed by atoms with Gasteiger partial charge in [-0.2, -0.15) is 0 Å². The Balaban J connectivity index is 3.82. The second-order valence-electron chi connectivity index (χ2n) is 7.34. The van der Waals surface area contributed by atoms with Crippen molar-refractivity contribution >= 4 is 11.9 Å². The van der Waals surface area contributed by atoms with E-state index in [0.29, 0.717) is 12.8 Å². The monoisotopic (exact) mass is 356 g/mol. The zero-order valence-electron chi connectivity index (χ0n) is 16.8. The van der Waals surface area contributed by atoms with Crippen molar-refractivity contribution in [2.45, 2.75) is 110 Å². The van der Waals surface area contributed by atoms with Gasteiger partial charge >= 0.3 is 11.9 Å². The summed E-state index contributed by atoms with van der Waals surface area (Å²) in [6.07, 6.45) is 16.1. The minimum absolute atomic E-state index is 0.131. The number of carboxylic acid groups (broad SMARTS) is 1. The van der Waals surface area contributed by atoms with Crippen LogP contribution in [-0.2, 0) is 14.3 Å². The molecule has 25 heavy (non-hydrogen) atoms. The Labute approximate surface area is 154 Å². The molecule has 0 heterocycles. The normalized spacial score (nSPS) is 13.4. The molecule has 148 valence electrons.